The number of hydrogen-bond donors (Lipinski definition) is 2. The van der Waals surface area contributed by atoms with E-state index in [0.29, 0.717) is 5.11 Å². The predicted molar refractivity (Wildman–Crippen MR) is 97.2 cm³/mol. The van der Waals surface area contributed by atoms with Gasteiger partial charge < -0.3 is 10.1 Å². The zero-order valence-electron chi connectivity index (χ0n) is 12.6. The van der Waals surface area contributed by atoms with Crippen LogP contribution < -0.4 is 10.7 Å². The van der Waals surface area contributed by atoms with E-state index in [1.54, 1.807) is 0 Å². The van der Waals surface area contributed by atoms with Crippen LogP contribution in [-0.2, 0) is 4.74 Å². The molecular weight excluding hydrogens is 340 g/mol. The van der Waals surface area contributed by atoms with Gasteiger partial charge in [0.2, 0.25) is 0 Å². The van der Waals surface area contributed by atoms with Crippen LogP contribution in [0.4, 0.5) is 0 Å². The van der Waals surface area contributed by atoms with Crippen LogP contribution in [-0.4, -0.2) is 55.1 Å². The van der Waals surface area contributed by atoms with E-state index in [-0.39, 0.29) is 0 Å². The number of rotatable bonds is 6. The van der Waals surface area contributed by atoms with Gasteiger partial charge in [0, 0.05) is 19.6 Å². The van der Waals surface area contributed by atoms with Gasteiger partial charge in [-0.25, -0.2) is 0 Å². The third-order valence-electron chi connectivity index (χ3n) is 3.30. The number of morpholine rings is 1. The van der Waals surface area contributed by atoms with Crippen molar-refractivity contribution in [1.29, 1.82) is 0 Å². The van der Waals surface area contributed by atoms with E-state index in [1.807, 2.05) is 19.1 Å². The molecular formula is C14H21ClN4OS2. The van der Waals surface area contributed by atoms with Crippen molar-refractivity contribution in [3.63, 3.8) is 0 Å². The van der Waals surface area contributed by atoms with E-state index in [1.165, 1.54) is 11.3 Å². The minimum Gasteiger partial charge on any atom is -0.379 e. The molecule has 0 saturated carbocycles. The summed E-state index contributed by atoms with van der Waals surface area (Å²) in [5.74, 6) is 0. The maximum absolute atomic E-state index is 5.91. The van der Waals surface area contributed by atoms with Gasteiger partial charge in [-0.05, 0) is 44.2 Å². The van der Waals surface area contributed by atoms with Crippen molar-refractivity contribution in [1.82, 2.24) is 15.6 Å². The van der Waals surface area contributed by atoms with Gasteiger partial charge in [0.05, 0.1) is 28.1 Å². The standard InChI is InChI=1S/C14H21ClN4OS2/c1-11(12-3-4-13(15)22-12)17-18-14(21)16-5-2-6-19-7-9-20-10-8-19/h3-4H,2,5-10H2,1H3,(H2,16,18,21). The highest BCUT2D eigenvalue weighted by atomic mass is 35.5. The molecule has 0 spiro atoms. The fraction of sp³-hybridized carbons (Fsp3) is 0.571. The molecule has 0 aliphatic carbocycles. The first-order valence-electron chi connectivity index (χ1n) is 7.29. The first-order valence-corrected chi connectivity index (χ1v) is 8.89. The summed E-state index contributed by atoms with van der Waals surface area (Å²) in [4.78, 5) is 3.44. The normalized spacial score (nSPS) is 16.5. The van der Waals surface area contributed by atoms with Crippen molar-refractivity contribution in [2.45, 2.75) is 13.3 Å². The minimum atomic E-state index is 0.545. The third kappa shape index (κ3) is 6.18. The van der Waals surface area contributed by atoms with E-state index in [0.717, 1.165) is 60.7 Å². The maximum Gasteiger partial charge on any atom is 0.186 e. The number of hydrogen-bond acceptors (Lipinski definition) is 5. The number of halogens is 1. The van der Waals surface area contributed by atoms with Crippen LogP contribution >= 0.6 is 35.2 Å². The van der Waals surface area contributed by atoms with E-state index in [4.69, 9.17) is 28.6 Å². The molecule has 0 radical (unpaired) electrons. The lowest BCUT2D eigenvalue weighted by Crippen LogP contribution is -2.39. The summed E-state index contributed by atoms with van der Waals surface area (Å²) >= 11 is 12.6. The minimum absolute atomic E-state index is 0.545. The van der Waals surface area contributed by atoms with Crippen LogP contribution in [0.15, 0.2) is 17.2 Å². The second-order valence-electron chi connectivity index (χ2n) is 4.98. The largest absolute Gasteiger partial charge is 0.379 e. The molecule has 1 aromatic rings. The Morgan fingerprint density at radius 3 is 2.91 bits per heavy atom. The van der Waals surface area contributed by atoms with Crippen LogP contribution in [0, 0.1) is 0 Å². The molecule has 1 aliphatic heterocycles. The molecule has 0 atom stereocenters. The number of thiophene rings is 1. The first-order chi connectivity index (χ1) is 10.6. The molecule has 1 aromatic heterocycles. The van der Waals surface area contributed by atoms with Gasteiger partial charge >= 0.3 is 0 Å². The lowest BCUT2D eigenvalue weighted by Gasteiger charge is -2.26. The molecule has 2 heterocycles. The Balaban J connectivity index is 1.61. The van der Waals surface area contributed by atoms with Crippen molar-refractivity contribution < 1.29 is 4.74 Å². The fourth-order valence-electron chi connectivity index (χ4n) is 2.07. The fourth-order valence-corrected chi connectivity index (χ4v) is 3.20. The Bertz CT molecular complexity index is 515. The van der Waals surface area contributed by atoms with Crippen molar-refractivity contribution in [3.8, 4) is 0 Å². The molecule has 1 aliphatic rings. The van der Waals surface area contributed by atoms with E-state index in [9.17, 15) is 0 Å². The van der Waals surface area contributed by atoms with Gasteiger partial charge in [0.1, 0.15) is 0 Å². The summed E-state index contributed by atoms with van der Waals surface area (Å²) in [5, 5.41) is 7.98. The molecule has 2 rings (SSSR count). The summed E-state index contributed by atoms with van der Waals surface area (Å²) < 4.78 is 6.08. The Morgan fingerprint density at radius 1 is 1.45 bits per heavy atom. The number of nitrogens with zero attached hydrogens (tertiary/aromatic N) is 2. The molecule has 0 unspecified atom stereocenters. The highest BCUT2D eigenvalue weighted by molar-refractivity contribution is 7.80. The van der Waals surface area contributed by atoms with Gasteiger partial charge in [0.15, 0.2) is 5.11 Å². The first kappa shape index (κ1) is 17.6. The smallest absolute Gasteiger partial charge is 0.186 e. The quantitative estimate of drug-likeness (QED) is 0.353. The summed E-state index contributed by atoms with van der Waals surface area (Å²) in [6, 6.07) is 3.81. The molecule has 0 amide bonds. The number of ether oxygens (including phenoxy) is 1. The summed E-state index contributed by atoms with van der Waals surface area (Å²) in [5.41, 5.74) is 3.74. The van der Waals surface area contributed by atoms with Gasteiger partial charge in [-0.15, -0.1) is 11.3 Å². The average Bonchev–Trinajstić information content (AvgIpc) is 2.97. The lowest BCUT2D eigenvalue weighted by molar-refractivity contribution is 0.0376. The molecule has 22 heavy (non-hydrogen) atoms. The zero-order valence-corrected chi connectivity index (χ0v) is 15.0. The topological polar surface area (TPSA) is 48.9 Å². The highest BCUT2D eigenvalue weighted by Gasteiger charge is 2.09. The summed E-state index contributed by atoms with van der Waals surface area (Å²) in [6.45, 7) is 7.56. The van der Waals surface area contributed by atoms with Crippen molar-refractivity contribution in [2.24, 2.45) is 5.10 Å². The summed E-state index contributed by atoms with van der Waals surface area (Å²) in [6.07, 6.45) is 1.05. The third-order valence-corrected chi connectivity index (χ3v) is 4.87. The van der Waals surface area contributed by atoms with Crippen LogP contribution in [0.5, 0.6) is 0 Å². The van der Waals surface area contributed by atoms with Gasteiger partial charge in [0.25, 0.3) is 0 Å². The van der Waals surface area contributed by atoms with Crippen LogP contribution in [0.2, 0.25) is 4.34 Å². The number of nitrogens with one attached hydrogen (secondary N) is 2. The second-order valence-corrected chi connectivity index (χ2v) is 7.10. The van der Waals surface area contributed by atoms with Gasteiger partial charge in [-0.2, -0.15) is 5.10 Å². The second kappa shape index (κ2) is 9.42. The maximum atomic E-state index is 5.91. The van der Waals surface area contributed by atoms with E-state index < -0.39 is 0 Å². The van der Waals surface area contributed by atoms with Crippen LogP contribution in [0.3, 0.4) is 0 Å². The van der Waals surface area contributed by atoms with Gasteiger partial charge in [-0.3, -0.25) is 10.3 Å². The monoisotopic (exact) mass is 360 g/mol. The molecule has 1 saturated heterocycles. The molecule has 1 fully saturated rings. The Labute approximate surface area is 145 Å². The van der Waals surface area contributed by atoms with Crippen molar-refractivity contribution in [3.05, 3.63) is 21.3 Å². The highest BCUT2D eigenvalue weighted by Crippen LogP contribution is 2.21. The Morgan fingerprint density at radius 2 is 2.23 bits per heavy atom. The molecule has 0 bridgehead atoms. The zero-order chi connectivity index (χ0) is 15.8. The van der Waals surface area contributed by atoms with Gasteiger partial charge in [-0.1, -0.05) is 11.6 Å². The van der Waals surface area contributed by atoms with E-state index >= 15 is 0 Å². The molecule has 2 N–H and O–H groups in total. The molecule has 122 valence electrons. The Hall–Kier alpha value is -0.730. The summed E-state index contributed by atoms with van der Waals surface area (Å²) in [7, 11) is 0. The van der Waals surface area contributed by atoms with Crippen molar-refractivity contribution >= 4 is 46.0 Å². The lowest BCUT2D eigenvalue weighted by atomic mass is 10.3. The SMILES string of the molecule is CC(=NNC(=S)NCCCN1CCOCC1)c1ccc(Cl)s1. The van der Waals surface area contributed by atoms with E-state index in [2.05, 4.69) is 20.7 Å². The Kier molecular flexibility index (Phi) is 7.54. The molecule has 0 aromatic carbocycles. The van der Waals surface area contributed by atoms with Crippen molar-refractivity contribution in [2.75, 3.05) is 39.4 Å². The number of hydrazone groups is 1. The average molecular weight is 361 g/mol. The molecule has 5 nitrogen and oxygen atoms in total. The predicted octanol–water partition coefficient (Wildman–Crippen LogP) is 2.31. The number of thiocarbonyl (C=S) groups is 1. The van der Waals surface area contributed by atoms with Crippen LogP contribution in [0.1, 0.15) is 18.2 Å². The molecule has 8 heteroatoms. The van der Waals surface area contributed by atoms with Crippen LogP contribution in [0.25, 0.3) is 0 Å².